The molecular weight excluding hydrogens is 308 g/mol. The minimum absolute atomic E-state index is 0.776. The lowest BCUT2D eigenvalue weighted by Gasteiger charge is -2.33. The summed E-state index contributed by atoms with van der Waals surface area (Å²) in [4.78, 5) is 14.6. The molecule has 0 aliphatic carbocycles. The second-order valence-electron chi connectivity index (χ2n) is 6.87. The van der Waals surface area contributed by atoms with Crippen molar-refractivity contribution in [2.45, 2.75) is 13.3 Å². The van der Waals surface area contributed by atoms with Crippen molar-refractivity contribution in [2.24, 2.45) is 0 Å². The fourth-order valence-corrected chi connectivity index (χ4v) is 3.42. The lowest BCUT2D eigenvalue weighted by molar-refractivity contribution is 0.312. The fourth-order valence-electron chi connectivity index (χ4n) is 3.42. The van der Waals surface area contributed by atoms with Gasteiger partial charge in [0, 0.05) is 38.0 Å². The monoisotopic (exact) mass is 332 g/mol. The number of aryl methyl sites for hydroxylation is 1. The quantitative estimate of drug-likeness (QED) is 0.737. The van der Waals surface area contributed by atoms with Crippen LogP contribution in [0.15, 0.2) is 48.5 Å². The molecule has 4 heteroatoms. The standard InChI is InChI=1S/C21H24N4/c1-16-7-3-4-8-17(16)15-20-22-19-10-6-5-9-18(19)21(23-20)25-13-11-24(2)12-14-25/h3-10H,11-15H2,1-2H3. The van der Waals surface area contributed by atoms with Crippen LogP contribution in [-0.4, -0.2) is 48.1 Å². The Labute approximate surface area is 149 Å². The van der Waals surface area contributed by atoms with Crippen LogP contribution in [0.2, 0.25) is 0 Å². The molecule has 128 valence electrons. The molecule has 2 heterocycles. The topological polar surface area (TPSA) is 32.3 Å². The van der Waals surface area contributed by atoms with E-state index in [0.717, 1.165) is 55.1 Å². The molecular formula is C21H24N4. The molecule has 25 heavy (non-hydrogen) atoms. The Hall–Kier alpha value is -2.46. The Morgan fingerprint density at radius 2 is 1.60 bits per heavy atom. The van der Waals surface area contributed by atoms with Gasteiger partial charge in [-0.3, -0.25) is 0 Å². The van der Waals surface area contributed by atoms with Crippen LogP contribution < -0.4 is 4.90 Å². The van der Waals surface area contributed by atoms with E-state index in [1.165, 1.54) is 11.1 Å². The van der Waals surface area contributed by atoms with Gasteiger partial charge in [-0.15, -0.1) is 0 Å². The van der Waals surface area contributed by atoms with Gasteiger partial charge >= 0.3 is 0 Å². The molecule has 0 bridgehead atoms. The Morgan fingerprint density at radius 1 is 0.880 bits per heavy atom. The number of fused-ring (bicyclic) bond motifs is 1. The number of hydrogen-bond acceptors (Lipinski definition) is 4. The number of likely N-dealkylation sites (N-methyl/N-ethyl adjacent to an activating group) is 1. The minimum atomic E-state index is 0.776. The molecule has 0 unspecified atom stereocenters. The lowest BCUT2D eigenvalue weighted by Crippen LogP contribution is -2.45. The summed E-state index contributed by atoms with van der Waals surface area (Å²) in [5.41, 5.74) is 3.62. The SMILES string of the molecule is Cc1ccccc1Cc1nc(N2CCN(C)CC2)c2ccccc2n1. The van der Waals surface area contributed by atoms with Gasteiger partial charge in [-0.05, 0) is 37.2 Å². The van der Waals surface area contributed by atoms with Gasteiger partial charge in [-0.2, -0.15) is 0 Å². The van der Waals surface area contributed by atoms with Gasteiger partial charge in [0.05, 0.1) is 5.52 Å². The van der Waals surface area contributed by atoms with Gasteiger partial charge in [-0.1, -0.05) is 36.4 Å². The Kier molecular flexibility index (Phi) is 4.36. The molecule has 1 fully saturated rings. The van der Waals surface area contributed by atoms with Gasteiger partial charge in [0.1, 0.15) is 11.6 Å². The van der Waals surface area contributed by atoms with Crippen LogP contribution in [0.1, 0.15) is 17.0 Å². The third kappa shape index (κ3) is 3.35. The molecule has 1 aliphatic rings. The molecule has 0 amide bonds. The van der Waals surface area contributed by atoms with E-state index in [4.69, 9.17) is 9.97 Å². The van der Waals surface area contributed by atoms with E-state index < -0.39 is 0 Å². The summed E-state index contributed by atoms with van der Waals surface area (Å²) >= 11 is 0. The van der Waals surface area contributed by atoms with Gasteiger partial charge in [0.2, 0.25) is 0 Å². The summed E-state index contributed by atoms with van der Waals surface area (Å²) in [5, 5.41) is 1.15. The summed E-state index contributed by atoms with van der Waals surface area (Å²) in [6, 6.07) is 16.9. The first-order valence-electron chi connectivity index (χ1n) is 8.94. The summed E-state index contributed by atoms with van der Waals surface area (Å²) in [6.07, 6.45) is 0.776. The maximum absolute atomic E-state index is 4.98. The van der Waals surface area contributed by atoms with Crippen molar-refractivity contribution in [3.8, 4) is 0 Å². The first-order valence-corrected chi connectivity index (χ1v) is 8.94. The number of anilines is 1. The molecule has 1 aromatic heterocycles. The molecule has 0 spiro atoms. The van der Waals surface area contributed by atoms with Crippen molar-refractivity contribution in [2.75, 3.05) is 38.1 Å². The summed E-state index contributed by atoms with van der Waals surface area (Å²) in [5.74, 6) is 1.99. The normalized spacial score (nSPS) is 15.7. The maximum atomic E-state index is 4.98. The Bertz CT molecular complexity index is 882. The second kappa shape index (κ2) is 6.81. The summed E-state index contributed by atoms with van der Waals surface area (Å²) in [7, 11) is 2.18. The zero-order valence-corrected chi connectivity index (χ0v) is 14.9. The molecule has 0 atom stereocenters. The Balaban J connectivity index is 1.75. The predicted molar refractivity (Wildman–Crippen MR) is 103 cm³/mol. The van der Waals surface area contributed by atoms with Crippen molar-refractivity contribution in [3.05, 3.63) is 65.5 Å². The van der Waals surface area contributed by atoms with E-state index in [1.54, 1.807) is 0 Å². The number of rotatable bonds is 3. The van der Waals surface area contributed by atoms with E-state index in [2.05, 4.69) is 72.3 Å². The van der Waals surface area contributed by atoms with Crippen molar-refractivity contribution >= 4 is 16.7 Å². The number of nitrogens with zero attached hydrogens (tertiary/aromatic N) is 4. The third-order valence-corrected chi connectivity index (χ3v) is 5.04. The number of hydrogen-bond donors (Lipinski definition) is 0. The highest BCUT2D eigenvalue weighted by molar-refractivity contribution is 5.89. The highest BCUT2D eigenvalue weighted by atomic mass is 15.3. The highest BCUT2D eigenvalue weighted by Crippen LogP contribution is 2.25. The van der Waals surface area contributed by atoms with Crippen LogP contribution in [0.3, 0.4) is 0 Å². The maximum Gasteiger partial charge on any atom is 0.140 e. The zero-order chi connectivity index (χ0) is 17.2. The van der Waals surface area contributed by atoms with E-state index in [9.17, 15) is 0 Å². The predicted octanol–water partition coefficient (Wildman–Crippen LogP) is 3.28. The molecule has 1 saturated heterocycles. The highest BCUT2D eigenvalue weighted by Gasteiger charge is 2.19. The van der Waals surface area contributed by atoms with Crippen molar-refractivity contribution in [1.82, 2.24) is 14.9 Å². The number of para-hydroxylation sites is 1. The summed E-state index contributed by atoms with van der Waals surface area (Å²) in [6.45, 7) is 6.33. The molecule has 3 aromatic rings. The molecule has 1 aliphatic heterocycles. The summed E-state index contributed by atoms with van der Waals surface area (Å²) < 4.78 is 0. The average Bonchev–Trinajstić information content (AvgIpc) is 2.64. The fraction of sp³-hybridized carbons (Fsp3) is 0.333. The van der Waals surface area contributed by atoms with Crippen LogP contribution in [0.4, 0.5) is 5.82 Å². The molecule has 0 saturated carbocycles. The average molecular weight is 332 g/mol. The smallest absolute Gasteiger partial charge is 0.140 e. The molecule has 4 nitrogen and oxygen atoms in total. The second-order valence-corrected chi connectivity index (χ2v) is 6.87. The van der Waals surface area contributed by atoms with Crippen LogP contribution in [0, 0.1) is 6.92 Å². The molecule has 0 radical (unpaired) electrons. The van der Waals surface area contributed by atoms with Crippen LogP contribution in [-0.2, 0) is 6.42 Å². The molecule has 4 rings (SSSR count). The zero-order valence-electron chi connectivity index (χ0n) is 14.9. The molecule has 0 N–H and O–H groups in total. The minimum Gasteiger partial charge on any atom is -0.353 e. The molecule has 2 aromatic carbocycles. The van der Waals surface area contributed by atoms with Crippen molar-refractivity contribution in [1.29, 1.82) is 0 Å². The van der Waals surface area contributed by atoms with Gasteiger partial charge in [0.25, 0.3) is 0 Å². The van der Waals surface area contributed by atoms with Crippen LogP contribution >= 0.6 is 0 Å². The first kappa shape index (κ1) is 16.0. The third-order valence-electron chi connectivity index (χ3n) is 5.04. The Morgan fingerprint density at radius 3 is 2.40 bits per heavy atom. The van der Waals surface area contributed by atoms with Crippen molar-refractivity contribution < 1.29 is 0 Å². The first-order chi connectivity index (χ1) is 12.2. The van der Waals surface area contributed by atoms with Crippen LogP contribution in [0.25, 0.3) is 10.9 Å². The van der Waals surface area contributed by atoms with E-state index in [1.807, 2.05) is 0 Å². The van der Waals surface area contributed by atoms with Gasteiger partial charge in [0.15, 0.2) is 0 Å². The van der Waals surface area contributed by atoms with Gasteiger partial charge < -0.3 is 9.80 Å². The largest absolute Gasteiger partial charge is 0.353 e. The van der Waals surface area contributed by atoms with Crippen LogP contribution in [0.5, 0.6) is 0 Å². The lowest BCUT2D eigenvalue weighted by atomic mass is 10.1. The van der Waals surface area contributed by atoms with E-state index in [0.29, 0.717) is 0 Å². The van der Waals surface area contributed by atoms with E-state index in [-0.39, 0.29) is 0 Å². The van der Waals surface area contributed by atoms with E-state index >= 15 is 0 Å². The number of piperazine rings is 1. The van der Waals surface area contributed by atoms with Crippen molar-refractivity contribution in [3.63, 3.8) is 0 Å². The number of benzene rings is 2. The number of aromatic nitrogens is 2. The van der Waals surface area contributed by atoms with Gasteiger partial charge in [-0.25, -0.2) is 9.97 Å².